The van der Waals surface area contributed by atoms with E-state index in [1.165, 1.54) is 0 Å². The molecule has 24 heavy (non-hydrogen) atoms. The molecule has 6 heteroatoms. The zero-order chi connectivity index (χ0) is 17.4. The van der Waals surface area contributed by atoms with Gasteiger partial charge in [-0.3, -0.25) is 4.79 Å². The number of nitrogens with zero attached hydrogens (tertiary/aromatic N) is 1. The molecule has 2 fully saturated rings. The minimum atomic E-state index is -3.76. The van der Waals surface area contributed by atoms with E-state index in [2.05, 4.69) is 0 Å². The Labute approximate surface area is 140 Å². The van der Waals surface area contributed by atoms with Crippen LogP contribution < -0.4 is 0 Å². The summed E-state index contributed by atoms with van der Waals surface area (Å²) in [4.78, 5) is 13.5. The standard InChI is InChI=1S/C18H23F2NO3/c19-18(20,17(24)9-5-10-17)16(23)21-11-4-8-14(21)12-15(22)13-6-2-1-3-7-13/h1-3,6-7,14-15,22,24H,4-5,8-12H2. The van der Waals surface area contributed by atoms with E-state index in [-0.39, 0.29) is 25.8 Å². The second-order valence-corrected chi connectivity index (χ2v) is 6.92. The molecular weight excluding hydrogens is 316 g/mol. The van der Waals surface area contributed by atoms with Gasteiger partial charge in [0.25, 0.3) is 5.91 Å². The van der Waals surface area contributed by atoms with Crippen LogP contribution >= 0.6 is 0 Å². The molecule has 1 amide bonds. The Morgan fingerprint density at radius 3 is 2.54 bits per heavy atom. The van der Waals surface area contributed by atoms with E-state index in [4.69, 9.17) is 0 Å². The Bertz CT molecular complexity index is 589. The largest absolute Gasteiger partial charge is 0.388 e. The van der Waals surface area contributed by atoms with E-state index < -0.39 is 29.6 Å². The van der Waals surface area contributed by atoms with Gasteiger partial charge in [-0.2, -0.15) is 8.78 Å². The summed E-state index contributed by atoms with van der Waals surface area (Å²) in [6, 6.07) is 8.56. The molecule has 1 saturated heterocycles. The van der Waals surface area contributed by atoms with Crippen LogP contribution in [0, 0.1) is 0 Å². The van der Waals surface area contributed by atoms with Crippen molar-refractivity contribution in [3.05, 3.63) is 35.9 Å². The summed E-state index contributed by atoms with van der Waals surface area (Å²) in [7, 11) is 0. The molecule has 0 bridgehead atoms. The third-order valence-corrected chi connectivity index (χ3v) is 5.35. The molecule has 1 aromatic rings. The fraction of sp³-hybridized carbons (Fsp3) is 0.611. The summed E-state index contributed by atoms with van der Waals surface area (Å²) < 4.78 is 28.9. The number of aliphatic hydroxyl groups is 2. The van der Waals surface area contributed by atoms with Gasteiger partial charge in [0.2, 0.25) is 0 Å². The lowest BCUT2D eigenvalue weighted by Crippen LogP contribution is -2.62. The predicted molar refractivity (Wildman–Crippen MR) is 84.5 cm³/mol. The summed E-state index contributed by atoms with van der Waals surface area (Å²) in [5.74, 6) is -5.06. The van der Waals surface area contributed by atoms with Crippen molar-refractivity contribution in [2.24, 2.45) is 0 Å². The van der Waals surface area contributed by atoms with Crippen LogP contribution in [0.15, 0.2) is 30.3 Å². The Morgan fingerprint density at radius 1 is 1.29 bits per heavy atom. The van der Waals surface area contributed by atoms with Crippen LogP contribution in [-0.2, 0) is 4.79 Å². The number of carbonyl (C=O) groups excluding carboxylic acids is 1. The second-order valence-electron chi connectivity index (χ2n) is 6.92. The summed E-state index contributed by atoms with van der Waals surface area (Å²) in [5.41, 5.74) is -1.49. The topological polar surface area (TPSA) is 60.8 Å². The molecule has 0 aromatic heterocycles. The van der Waals surface area contributed by atoms with Crippen molar-refractivity contribution in [3.63, 3.8) is 0 Å². The van der Waals surface area contributed by atoms with E-state index in [0.717, 1.165) is 4.90 Å². The molecule has 2 N–H and O–H groups in total. The fourth-order valence-corrected chi connectivity index (χ4v) is 3.62. The zero-order valence-corrected chi connectivity index (χ0v) is 13.5. The number of alkyl halides is 2. The number of hydrogen-bond acceptors (Lipinski definition) is 3. The number of likely N-dealkylation sites (tertiary alicyclic amines) is 1. The summed E-state index contributed by atoms with van der Waals surface area (Å²) in [5, 5.41) is 20.3. The van der Waals surface area contributed by atoms with Crippen LogP contribution in [0.25, 0.3) is 0 Å². The molecule has 1 aliphatic carbocycles. The lowest BCUT2D eigenvalue weighted by molar-refractivity contribution is -0.224. The first kappa shape index (κ1) is 17.3. The summed E-state index contributed by atoms with van der Waals surface area (Å²) in [6.45, 7) is 0.247. The number of rotatable bonds is 5. The Morgan fingerprint density at radius 2 is 1.96 bits per heavy atom. The van der Waals surface area contributed by atoms with Crippen LogP contribution in [0.5, 0.6) is 0 Å². The van der Waals surface area contributed by atoms with Crippen LogP contribution in [-0.4, -0.2) is 45.1 Å². The van der Waals surface area contributed by atoms with Crippen LogP contribution in [0.4, 0.5) is 8.78 Å². The van der Waals surface area contributed by atoms with Gasteiger partial charge in [-0.1, -0.05) is 30.3 Å². The third-order valence-electron chi connectivity index (χ3n) is 5.35. The van der Waals surface area contributed by atoms with Crippen molar-refractivity contribution >= 4 is 5.91 Å². The summed E-state index contributed by atoms with van der Waals surface area (Å²) >= 11 is 0. The quantitative estimate of drug-likeness (QED) is 0.867. The molecule has 1 aromatic carbocycles. The smallest absolute Gasteiger partial charge is 0.352 e. The monoisotopic (exact) mass is 339 g/mol. The molecule has 2 aliphatic rings. The van der Waals surface area contributed by atoms with E-state index in [9.17, 15) is 23.8 Å². The van der Waals surface area contributed by atoms with E-state index in [0.29, 0.717) is 24.8 Å². The SMILES string of the molecule is O=C(N1CCCC1CC(O)c1ccccc1)C(F)(F)C1(O)CCC1. The maximum absolute atomic E-state index is 14.4. The van der Waals surface area contributed by atoms with Gasteiger partial charge in [0.05, 0.1) is 6.10 Å². The summed E-state index contributed by atoms with van der Waals surface area (Å²) in [6.07, 6.45) is 1.06. The van der Waals surface area contributed by atoms with E-state index >= 15 is 0 Å². The molecule has 1 aliphatic heterocycles. The molecule has 0 spiro atoms. The normalized spacial score (nSPS) is 24.5. The highest BCUT2D eigenvalue weighted by Gasteiger charge is 2.63. The van der Waals surface area contributed by atoms with E-state index in [1.54, 1.807) is 24.3 Å². The molecule has 132 valence electrons. The highest BCUT2D eigenvalue weighted by atomic mass is 19.3. The van der Waals surface area contributed by atoms with Gasteiger partial charge >= 0.3 is 5.92 Å². The van der Waals surface area contributed by atoms with Crippen molar-refractivity contribution in [2.75, 3.05) is 6.54 Å². The van der Waals surface area contributed by atoms with Gasteiger partial charge in [-0.05, 0) is 44.1 Å². The van der Waals surface area contributed by atoms with E-state index in [1.807, 2.05) is 6.07 Å². The average Bonchev–Trinajstić information content (AvgIpc) is 3.00. The lowest BCUT2D eigenvalue weighted by atomic mass is 9.75. The lowest BCUT2D eigenvalue weighted by Gasteiger charge is -2.43. The Hall–Kier alpha value is -1.53. The van der Waals surface area contributed by atoms with Gasteiger partial charge < -0.3 is 15.1 Å². The number of benzene rings is 1. The predicted octanol–water partition coefficient (Wildman–Crippen LogP) is 2.65. The molecule has 0 radical (unpaired) electrons. The second kappa shape index (κ2) is 6.41. The molecule has 1 heterocycles. The highest BCUT2D eigenvalue weighted by molar-refractivity contribution is 5.85. The molecule has 3 rings (SSSR count). The van der Waals surface area contributed by atoms with Gasteiger partial charge in [0, 0.05) is 12.6 Å². The van der Waals surface area contributed by atoms with Crippen molar-refractivity contribution in [1.82, 2.24) is 4.90 Å². The van der Waals surface area contributed by atoms with Crippen molar-refractivity contribution in [1.29, 1.82) is 0 Å². The Kier molecular flexibility index (Phi) is 4.62. The first-order valence-electron chi connectivity index (χ1n) is 8.49. The maximum atomic E-state index is 14.4. The Balaban J connectivity index is 1.70. The van der Waals surface area contributed by atoms with Crippen molar-refractivity contribution < 1.29 is 23.8 Å². The van der Waals surface area contributed by atoms with Crippen LogP contribution in [0.3, 0.4) is 0 Å². The minimum absolute atomic E-state index is 0.0448. The fourth-order valence-electron chi connectivity index (χ4n) is 3.62. The number of carbonyl (C=O) groups is 1. The van der Waals surface area contributed by atoms with Gasteiger partial charge in [-0.15, -0.1) is 0 Å². The molecule has 1 saturated carbocycles. The maximum Gasteiger partial charge on any atom is 0.352 e. The number of halogens is 2. The highest BCUT2D eigenvalue weighted by Crippen LogP contribution is 2.46. The zero-order valence-electron chi connectivity index (χ0n) is 13.5. The van der Waals surface area contributed by atoms with Crippen LogP contribution in [0.1, 0.15) is 50.2 Å². The molecule has 2 unspecified atom stereocenters. The number of aliphatic hydroxyl groups excluding tert-OH is 1. The van der Waals surface area contributed by atoms with Gasteiger partial charge in [-0.25, -0.2) is 0 Å². The number of hydrogen-bond donors (Lipinski definition) is 2. The van der Waals surface area contributed by atoms with Crippen molar-refractivity contribution in [2.45, 2.75) is 62.2 Å². The average molecular weight is 339 g/mol. The minimum Gasteiger partial charge on any atom is -0.388 e. The molecule has 4 nitrogen and oxygen atoms in total. The molecule has 2 atom stereocenters. The van der Waals surface area contributed by atoms with Gasteiger partial charge in [0.1, 0.15) is 5.60 Å². The van der Waals surface area contributed by atoms with Crippen LogP contribution in [0.2, 0.25) is 0 Å². The third kappa shape index (κ3) is 2.93. The number of amides is 1. The molecular formula is C18H23F2NO3. The van der Waals surface area contributed by atoms with Crippen molar-refractivity contribution in [3.8, 4) is 0 Å². The first-order valence-corrected chi connectivity index (χ1v) is 8.49. The van der Waals surface area contributed by atoms with Gasteiger partial charge in [0.15, 0.2) is 0 Å². The first-order chi connectivity index (χ1) is 11.3.